The summed E-state index contributed by atoms with van der Waals surface area (Å²) in [6.45, 7) is 4.11. The highest BCUT2D eigenvalue weighted by Gasteiger charge is 2.38. The summed E-state index contributed by atoms with van der Waals surface area (Å²) in [6, 6.07) is 3.24. The summed E-state index contributed by atoms with van der Waals surface area (Å²) in [4.78, 5) is 19.3. The van der Waals surface area contributed by atoms with Crippen LogP contribution in [-0.4, -0.2) is 67.4 Å². The average molecular weight is 452 g/mol. The summed E-state index contributed by atoms with van der Waals surface area (Å²) in [7, 11) is -3.46. The normalized spacial score (nSPS) is 29.9. The van der Waals surface area contributed by atoms with Crippen molar-refractivity contribution in [1.29, 1.82) is 0 Å². The zero-order valence-electron chi connectivity index (χ0n) is 18.3. The Balaban J connectivity index is 1.60. The number of sulfonamides is 1. The van der Waals surface area contributed by atoms with Crippen LogP contribution in [0.3, 0.4) is 0 Å². The molecule has 1 N–H and O–H groups in total. The first-order valence-electron chi connectivity index (χ1n) is 11.3. The molecule has 8 nitrogen and oxygen atoms in total. The van der Waals surface area contributed by atoms with Gasteiger partial charge in [-0.25, -0.2) is 18.1 Å². The second-order valence-corrected chi connectivity index (χ2v) is 11.4. The number of carbonyl (C=O) groups is 1. The van der Waals surface area contributed by atoms with Crippen molar-refractivity contribution in [2.24, 2.45) is 0 Å². The third kappa shape index (κ3) is 5.04. The largest absolute Gasteiger partial charge is 0.467 e. The zero-order valence-corrected chi connectivity index (χ0v) is 19.1. The van der Waals surface area contributed by atoms with E-state index in [1.54, 1.807) is 24.9 Å². The maximum Gasteiger partial charge on any atom is 0.260 e. The molecular formula is C22H33N3O5S. The average Bonchev–Trinajstić information content (AvgIpc) is 2.77. The lowest BCUT2D eigenvalue weighted by Crippen LogP contribution is -2.60. The SMILES string of the molecule is CC(C)S(=O)(=O)N[C@H]1CCCN2C(=O)COc3ncccc3[C@H]3CC[C@H](CC3)OC[C@@H]12. The zero-order chi connectivity index (χ0) is 22.0. The predicted octanol–water partition coefficient (Wildman–Crippen LogP) is 2.20. The minimum atomic E-state index is -3.46. The molecule has 0 unspecified atom stereocenters. The molecular weight excluding hydrogens is 418 g/mol. The lowest BCUT2D eigenvalue weighted by atomic mass is 9.83. The Morgan fingerprint density at radius 2 is 1.97 bits per heavy atom. The van der Waals surface area contributed by atoms with Gasteiger partial charge in [0.05, 0.1) is 24.0 Å². The number of hydrogen-bond donors (Lipinski definition) is 1. The van der Waals surface area contributed by atoms with E-state index < -0.39 is 15.3 Å². The van der Waals surface area contributed by atoms with E-state index >= 15 is 0 Å². The number of aromatic nitrogens is 1. The van der Waals surface area contributed by atoms with Crippen molar-refractivity contribution in [2.45, 2.75) is 81.7 Å². The van der Waals surface area contributed by atoms with E-state index in [0.717, 1.165) is 37.7 Å². The van der Waals surface area contributed by atoms with Crippen LogP contribution in [0.5, 0.6) is 5.88 Å². The molecule has 2 fully saturated rings. The van der Waals surface area contributed by atoms with Gasteiger partial charge < -0.3 is 14.4 Å². The standard InChI is InChI=1S/C22H33N3O5S/c1-15(2)31(27,28)24-19-6-4-12-25-20(19)13-29-17-9-7-16(8-10-17)18-5-3-11-23-22(18)30-14-21(25)26/h3,5,11,15-17,19-20,24H,4,6-10,12-14H2,1-2H3/t16-,17+,19-,20-/m0/s1. The predicted molar refractivity (Wildman–Crippen MR) is 116 cm³/mol. The van der Waals surface area contributed by atoms with Crippen LogP contribution in [0.4, 0.5) is 0 Å². The minimum absolute atomic E-state index is 0.111. The van der Waals surface area contributed by atoms with Crippen LogP contribution in [0.15, 0.2) is 18.3 Å². The van der Waals surface area contributed by atoms with Crippen molar-refractivity contribution in [3.8, 4) is 5.88 Å². The van der Waals surface area contributed by atoms with Crippen LogP contribution < -0.4 is 9.46 Å². The number of nitrogens with zero attached hydrogens (tertiary/aromatic N) is 2. The molecule has 2 atom stereocenters. The van der Waals surface area contributed by atoms with Crippen molar-refractivity contribution in [3.63, 3.8) is 0 Å². The third-order valence-corrected chi connectivity index (χ3v) is 8.66. The summed E-state index contributed by atoms with van der Waals surface area (Å²) in [5, 5.41) is -0.532. The van der Waals surface area contributed by atoms with Crippen LogP contribution in [0.2, 0.25) is 0 Å². The molecule has 4 heterocycles. The molecule has 1 aliphatic carbocycles. The minimum Gasteiger partial charge on any atom is -0.467 e. The number of fused-ring (bicyclic) bond motifs is 5. The summed E-state index contributed by atoms with van der Waals surface area (Å²) in [5.41, 5.74) is 1.06. The molecule has 172 valence electrons. The number of rotatable bonds is 3. The number of amides is 1. The van der Waals surface area contributed by atoms with Gasteiger partial charge in [0.25, 0.3) is 5.91 Å². The molecule has 1 aromatic rings. The number of hydrogen-bond acceptors (Lipinski definition) is 6. The van der Waals surface area contributed by atoms with E-state index in [2.05, 4.69) is 9.71 Å². The molecule has 1 amide bonds. The van der Waals surface area contributed by atoms with Gasteiger partial charge in [0.2, 0.25) is 15.9 Å². The summed E-state index contributed by atoms with van der Waals surface area (Å²) in [5.74, 6) is 0.725. The Morgan fingerprint density at radius 1 is 1.19 bits per heavy atom. The monoisotopic (exact) mass is 451 g/mol. The Hall–Kier alpha value is -1.71. The van der Waals surface area contributed by atoms with Crippen molar-refractivity contribution >= 4 is 15.9 Å². The van der Waals surface area contributed by atoms with Crippen molar-refractivity contribution in [3.05, 3.63) is 23.9 Å². The fraction of sp³-hybridized carbons (Fsp3) is 0.727. The second kappa shape index (κ2) is 9.42. The van der Waals surface area contributed by atoms with E-state index in [9.17, 15) is 13.2 Å². The number of carbonyl (C=O) groups excluding carboxylic acids is 1. The topological polar surface area (TPSA) is 97.8 Å². The van der Waals surface area contributed by atoms with E-state index in [1.807, 2.05) is 12.1 Å². The lowest BCUT2D eigenvalue weighted by molar-refractivity contribution is -0.140. The molecule has 5 rings (SSSR count). The van der Waals surface area contributed by atoms with Gasteiger partial charge in [-0.1, -0.05) is 6.07 Å². The highest BCUT2D eigenvalue weighted by Crippen LogP contribution is 2.38. The summed E-state index contributed by atoms with van der Waals surface area (Å²) >= 11 is 0. The van der Waals surface area contributed by atoms with Crippen LogP contribution in [0, 0.1) is 0 Å². The van der Waals surface area contributed by atoms with E-state index in [-0.39, 0.29) is 30.7 Å². The van der Waals surface area contributed by atoms with Crippen molar-refractivity contribution < 1.29 is 22.7 Å². The van der Waals surface area contributed by atoms with E-state index in [1.165, 1.54) is 0 Å². The third-order valence-electron chi connectivity index (χ3n) is 6.79. The van der Waals surface area contributed by atoms with Gasteiger partial charge in [-0.2, -0.15) is 0 Å². The Bertz CT molecular complexity index is 883. The first-order chi connectivity index (χ1) is 14.8. The van der Waals surface area contributed by atoms with Gasteiger partial charge in [-0.15, -0.1) is 0 Å². The van der Waals surface area contributed by atoms with Gasteiger partial charge in [0.15, 0.2) is 6.61 Å². The van der Waals surface area contributed by atoms with Gasteiger partial charge in [0.1, 0.15) is 0 Å². The molecule has 0 radical (unpaired) electrons. The quantitative estimate of drug-likeness (QED) is 0.757. The smallest absolute Gasteiger partial charge is 0.260 e. The maximum atomic E-state index is 13.1. The molecule has 9 heteroatoms. The number of pyridine rings is 1. The van der Waals surface area contributed by atoms with Gasteiger partial charge >= 0.3 is 0 Å². The van der Waals surface area contributed by atoms with Crippen LogP contribution in [-0.2, 0) is 19.6 Å². The van der Waals surface area contributed by atoms with Crippen molar-refractivity contribution in [2.75, 3.05) is 19.8 Å². The molecule has 1 saturated heterocycles. The van der Waals surface area contributed by atoms with Crippen molar-refractivity contribution in [1.82, 2.24) is 14.6 Å². The molecule has 1 aromatic heterocycles. The Labute approximate surface area is 184 Å². The van der Waals surface area contributed by atoms with Crippen LogP contribution in [0.1, 0.15) is 63.9 Å². The molecule has 4 aliphatic rings. The number of piperidine rings is 1. The van der Waals surface area contributed by atoms with E-state index in [4.69, 9.17) is 9.47 Å². The summed E-state index contributed by atoms with van der Waals surface area (Å²) in [6.07, 6.45) is 7.06. The molecule has 0 spiro atoms. The highest BCUT2D eigenvalue weighted by atomic mass is 32.2. The van der Waals surface area contributed by atoms with Crippen LogP contribution >= 0.6 is 0 Å². The first kappa shape index (κ1) is 22.5. The molecule has 31 heavy (non-hydrogen) atoms. The maximum absolute atomic E-state index is 13.1. The highest BCUT2D eigenvalue weighted by molar-refractivity contribution is 7.90. The molecule has 0 aromatic carbocycles. The Morgan fingerprint density at radius 3 is 2.71 bits per heavy atom. The van der Waals surface area contributed by atoms with Gasteiger partial charge in [-0.05, 0) is 64.4 Å². The number of ether oxygens (including phenoxy) is 2. The fourth-order valence-electron chi connectivity index (χ4n) is 4.88. The van der Waals surface area contributed by atoms with Crippen LogP contribution in [0.25, 0.3) is 0 Å². The first-order valence-corrected chi connectivity index (χ1v) is 12.9. The molecule has 2 bridgehead atoms. The fourth-order valence-corrected chi connectivity index (χ4v) is 5.85. The van der Waals surface area contributed by atoms with Gasteiger partial charge in [0, 0.05) is 24.3 Å². The van der Waals surface area contributed by atoms with E-state index in [0.29, 0.717) is 31.4 Å². The second-order valence-electron chi connectivity index (χ2n) is 9.11. The molecule has 3 aliphatic heterocycles. The number of nitrogens with one attached hydrogen (secondary N) is 1. The molecule has 1 saturated carbocycles. The lowest BCUT2D eigenvalue weighted by Gasteiger charge is -2.42. The van der Waals surface area contributed by atoms with Gasteiger partial charge in [-0.3, -0.25) is 4.79 Å². The Kier molecular flexibility index (Phi) is 6.83. The summed E-state index contributed by atoms with van der Waals surface area (Å²) < 4.78 is 40.1.